The SMILES string of the molecule is COc1ccccc1N=Nc1c(N)n2c(nc3ccccc32)[nH]c1=O. The van der Waals surface area contributed by atoms with Crippen LogP contribution in [-0.4, -0.2) is 21.5 Å². The Hall–Kier alpha value is -3.68. The van der Waals surface area contributed by atoms with Gasteiger partial charge in [-0.15, -0.1) is 10.2 Å². The highest BCUT2D eigenvalue weighted by atomic mass is 16.5. The minimum absolute atomic E-state index is 0.0153. The summed E-state index contributed by atoms with van der Waals surface area (Å²) in [6, 6.07) is 14.6. The van der Waals surface area contributed by atoms with Crippen LogP contribution in [0.15, 0.2) is 63.6 Å². The number of methoxy groups -OCH3 is 1. The number of imidazole rings is 1. The highest BCUT2D eigenvalue weighted by Crippen LogP contribution is 2.29. The summed E-state index contributed by atoms with van der Waals surface area (Å²) in [5.74, 6) is 1.08. The van der Waals surface area contributed by atoms with Gasteiger partial charge in [-0.2, -0.15) is 0 Å². The van der Waals surface area contributed by atoms with Gasteiger partial charge in [0.2, 0.25) is 5.78 Å². The van der Waals surface area contributed by atoms with Crippen molar-refractivity contribution in [1.29, 1.82) is 0 Å². The number of ether oxygens (including phenoxy) is 1. The molecule has 8 nitrogen and oxygen atoms in total. The molecule has 2 aromatic heterocycles. The Morgan fingerprint density at radius 1 is 1.12 bits per heavy atom. The number of aromatic nitrogens is 3. The number of para-hydroxylation sites is 3. The molecule has 2 heterocycles. The van der Waals surface area contributed by atoms with Crippen molar-refractivity contribution >= 4 is 34.0 Å². The number of aromatic amines is 1. The average Bonchev–Trinajstić information content (AvgIpc) is 3.00. The summed E-state index contributed by atoms with van der Waals surface area (Å²) in [5, 5.41) is 8.15. The van der Waals surface area contributed by atoms with Gasteiger partial charge in [0, 0.05) is 0 Å². The molecule has 0 fully saturated rings. The van der Waals surface area contributed by atoms with E-state index < -0.39 is 5.56 Å². The smallest absolute Gasteiger partial charge is 0.282 e. The molecule has 3 N–H and O–H groups in total. The third-order valence-corrected chi connectivity index (χ3v) is 3.83. The van der Waals surface area contributed by atoms with Crippen molar-refractivity contribution in [3.05, 3.63) is 58.9 Å². The van der Waals surface area contributed by atoms with E-state index in [1.54, 1.807) is 29.7 Å². The number of nitrogens with one attached hydrogen (secondary N) is 1. The van der Waals surface area contributed by atoms with E-state index in [2.05, 4.69) is 20.2 Å². The largest absolute Gasteiger partial charge is 0.494 e. The standard InChI is InChI=1S/C17H14N6O2/c1-25-13-9-5-3-7-11(13)21-22-14-15(18)23-12-8-4-2-6-10(12)19-17(23)20-16(14)24/h2-9H,18H2,1H3,(H,19,20,24). The van der Waals surface area contributed by atoms with Crippen LogP contribution in [-0.2, 0) is 0 Å². The van der Waals surface area contributed by atoms with Crippen LogP contribution in [0.2, 0.25) is 0 Å². The number of nitrogen functional groups attached to an aromatic ring is 1. The molecule has 2 aromatic carbocycles. The molecule has 0 aliphatic rings. The summed E-state index contributed by atoms with van der Waals surface area (Å²) in [6.45, 7) is 0. The molecule has 0 saturated heterocycles. The van der Waals surface area contributed by atoms with E-state index in [1.165, 1.54) is 0 Å². The zero-order valence-corrected chi connectivity index (χ0v) is 13.3. The summed E-state index contributed by atoms with van der Waals surface area (Å²) in [5.41, 5.74) is 7.74. The van der Waals surface area contributed by atoms with Crippen molar-refractivity contribution in [2.75, 3.05) is 12.8 Å². The lowest BCUT2D eigenvalue weighted by molar-refractivity contribution is 0.416. The summed E-state index contributed by atoms with van der Waals surface area (Å²) in [7, 11) is 1.54. The van der Waals surface area contributed by atoms with E-state index >= 15 is 0 Å². The van der Waals surface area contributed by atoms with Gasteiger partial charge in [-0.1, -0.05) is 24.3 Å². The zero-order chi connectivity index (χ0) is 17.4. The van der Waals surface area contributed by atoms with Gasteiger partial charge in [0.25, 0.3) is 5.56 Å². The van der Waals surface area contributed by atoms with Crippen LogP contribution in [0.3, 0.4) is 0 Å². The third-order valence-electron chi connectivity index (χ3n) is 3.83. The second-order valence-electron chi connectivity index (χ2n) is 5.32. The van der Waals surface area contributed by atoms with Gasteiger partial charge >= 0.3 is 0 Å². The number of hydrogen-bond donors (Lipinski definition) is 2. The molecule has 4 aromatic rings. The number of H-pyrrole nitrogens is 1. The molecule has 4 rings (SSSR count). The Morgan fingerprint density at radius 2 is 1.88 bits per heavy atom. The van der Waals surface area contributed by atoms with E-state index in [9.17, 15) is 4.79 Å². The van der Waals surface area contributed by atoms with Crippen molar-refractivity contribution in [2.24, 2.45) is 10.2 Å². The van der Waals surface area contributed by atoms with Crippen LogP contribution in [0.4, 0.5) is 17.2 Å². The first-order valence-electron chi connectivity index (χ1n) is 7.53. The Morgan fingerprint density at radius 3 is 2.72 bits per heavy atom. The molecule has 0 spiro atoms. The van der Waals surface area contributed by atoms with Gasteiger partial charge < -0.3 is 10.5 Å². The summed E-state index contributed by atoms with van der Waals surface area (Å²) >= 11 is 0. The van der Waals surface area contributed by atoms with Crippen molar-refractivity contribution in [2.45, 2.75) is 0 Å². The molecule has 0 amide bonds. The third kappa shape index (κ3) is 2.40. The van der Waals surface area contributed by atoms with Gasteiger partial charge in [-0.05, 0) is 24.3 Å². The molecule has 0 aliphatic heterocycles. The molecular formula is C17H14N6O2. The summed E-state index contributed by atoms with van der Waals surface area (Å²) in [4.78, 5) is 19.4. The predicted octanol–water partition coefficient (Wildman–Crippen LogP) is 3.18. The Bertz CT molecular complexity index is 1170. The molecule has 0 atom stereocenters. The van der Waals surface area contributed by atoms with Crippen LogP contribution in [0.25, 0.3) is 16.8 Å². The zero-order valence-electron chi connectivity index (χ0n) is 13.3. The fraction of sp³-hybridized carbons (Fsp3) is 0.0588. The van der Waals surface area contributed by atoms with Crippen molar-refractivity contribution in [3.8, 4) is 5.75 Å². The van der Waals surface area contributed by atoms with Crippen LogP contribution >= 0.6 is 0 Å². The Balaban J connectivity index is 1.91. The predicted molar refractivity (Wildman–Crippen MR) is 94.9 cm³/mol. The van der Waals surface area contributed by atoms with Gasteiger partial charge in [-0.25, -0.2) is 4.98 Å². The number of nitrogens with zero attached hydrogens (tertiary/aromatic N) is 4. The van der Waals surface area contributed by atoms with E-state index in [-0.39, 0.29) is 11.5 Å². The molecule has 8 heteroatoms. The monoisotopic (exact) mass is 334 g/mol. The van der Waals surface area contributed by atoms with Crippen molar-refractivity contribution in [3.63, 3.8) is 0 Å². The molecule has 0 radical (unpaired) electrons. The average molecular weight is 334 g/mol. The van der Waals surface area contributed by atoms with Crippen molar-refractivity contribution < 1.29 is 4.74 Å². The molecular weight excluding hydrogens is 320 g/mol. The number of nitrogens with two attached hydrogens (primary N) is 1. The van der Waals surface area contributed by atoms with E-state index in [1.807, 2.05) is 30.3 Å². The molecule has 25 heavy (non-hydrogen) atoms. The summed E-state index contributed by atoms with van der Waals surface area (Å²) in [6.07, 6.45) is 0. The minimum atomic E-state index is -0.459. The first-order valence-corrected chi connectivity index (χ1v) is 7.53. The highest BCUT2D eigenvalue weighted by molar-refractivity contribution is 5.82. The second-order valence-corrected chi connectivity index (χ2v) is 5.32. The number of benzene rings is 2. The summed E-state index contributed by atoms with van der Waals surface area (Å²) < 4.78 is 6.87. The minimum Gasteiger partial charge on any atom is -0.494 e. The lowest BCUT2D eigenvalue weighted by atomic mass is 10.3. The van der Waals surface area contributed by atoms with Gasteiger partial charge in [-0.3, -0.25) is 14.2 Å². The van der Waals surface area contributed by atoms with E-state index in [4.69, 9.17) is 10.5 Å². The van der Waals surface area contributed by atoms with Gasteiger partial charge in [0.05, 0.1) is 18.1 Å². The molecule has 0 aliphatic carbocycles. The lowest BCUT2D eigenvalue weighted by Crippen LogP contribution is -2.12. The maximum atomic E-state index is 12.3. The highest BCUT2D eigenvalue weighted by Gasteiger charge is 2.14. The quantitative estimate of drug-likeness (QED) is 0.560. The van der Waals surface area contributed by atoms with Crippen molar-refractivity contribution in [1.82, 2.24) is 14.4 Å². The van der Waals surface area contributed by atoms with Crippen LogP contribution in [0.5, 0.6) is 5.75 Å². The number of fused-ring (bicyclic) bond motifs is 3. The number of rotatable bonds is 3. The van der Waals surface area contributed by atoms with Gasteiger partial charge in [0.1, 0.15) is 17.3 Å². The molecule has 124 valence electrons. The Kier molecular flexibility index (Phi) is 3.42. The fourth-order valence-corrected chi connectivity index (χ4v) is 2.65. The van der Waals surface area contributed by atoms with E-state index in [0.29, 0.717) is 17.2 Å². The Labute approximate surface area is 141 Å². The molecule has 0 bridgehead atoms. The number of hydrogen-bond acceptors (Lipinski definition) is 6. The topological polar surface area (TPSA) is 110 Å². The number of anilines is 1. The lowest BCUT2D eigenvalue weighted by Gasteiger charge is -2.04. The maximum Gasteiger partial charge on any atom is 0.282 e. The number of azo groups is 1. The first kappa shape index (κ1) is 14.9. The maximum absolute atomic E-state index is 12.3. The fourth-order valence-electron chi connectivity index (χ4n) is 2.65. The molecule has 0 saturated carbocycles. The van der Waals surface area contributed by atoms with Crippen LogP contribution in [0.1, 0.15) is 0 Å². The van der Waals surface area contributed by atoms with Crippen LogP contribution in [0, 0.1) is 0 Å². The van der Waals surface area contributed by atoms with Crippen LogP contribution < -0.4 is 16.0 Å². The normalized spacial score (nSPS) is 11.6. The van der Waals surface area contributed by atoms with Gasteiger partial charge in [0.15, 0.2) is 5.69 Å². The van der Waals surface area contributed by atoms with E-state index in [0.717, 1.165) is 11.0 Å². The first-order chi connectivity index (χ1) is 12.2. The second kappa shape index (κ2) is 5.75. The molecule has 0 unspecified atom stereocenters.